The van der Waals surface area contributed by atoms with Crippen LogP contribution in [0.5, 0.6) is 0 Å². The number of likely N-dealkylation sites (N-methyl/N-ethyl adjacent to an activating group) is 1. The molecule has 0 amide bonds. The maximum Gasteiger partial charge on any atom is 0.0900 e. The van der Waals surface area contributed by atoms with E-state index in [4.69, 9.17) is 4.74 Å². The van der Waals surface area contributed by atoms with E-state index >= 15 is 0 Å². The Hall–Kier alpha value is -0.120. The molecule has 0 rings (SSSR count). The highest BCUT2D eigenvalue weighted by molar-refractivity contribution is 4.67. The molecule has 0 aliphatic carbocycles. The van der Waals surface area contributed by atoms with Crippen molar-refractivity contribution in [3.05, 3.63) is 0 Å². The number of hydrogen-bond acceptors (Lipinski definition) is 3. The van der Waals surface area contributed by atoms with Crippen LogP contribution in [-0.2, 0) is 4.74 Å². The highest BCUT2D eigenvalue weighted by atomic mass is 16.5. The first-order valence-electron chi connectivity index (χ1n) is 6.07. The maximum absolute atomic E-state index is 9.64. The molecule has 1 unspecified atom stereocenters. The normalized spacial score (nSPS) is 13.8. The van der Waals surface area contributed by atoms with Crippen LogP contribution in [0.15, 0.2) is 0 Å². The minimum atomic E-state index is -0.357. The summed E-state index contributed by atoms with van der Waals surface area (Å²) in [4.78, 5) is 2.31. The third-order valence-corrected chi connectivity index (χ3v) is 2.95. The van der Waals surface area contributed by atoms with Gasteiger partial charge in [0, 0.05) is 20.2 Å². The van der Waals surface area contributed by atoms with Gasteiger partial charge in [0.2, 0.25) is 0 Å². The molecule has 0 aromatic heterocycles. The topological polar surface area (TPSA) is 32.7 Å². The third kappa shape index (κ3) is 6.88. The zero-order valence-electron chi connectivity index (χ0n) is 10.7. The summed E-state index contributed by atoms with van der Waals surface area (Å²) in [5, 5.41) is 9.64. The Morgan fingerprint density at radius 1 is 1.13 bits per heavy atom. The van der Waals surface area contributed by atoms with Gasteiger partial charge >= 0.3 is 0 Å². The lowest BCUT2D eigenvalue weighted by Gasteiger charge is -2.27. The number of ether oxygens (including phenoxy) is 1. The molecular weight excluding hydrogens is 190 g/mol. The van der Waals surface area contributed by atoms with Crippen molar-refractivity contribution < 1.29 is 9.84 Å². The Morgan fingerprint density at radius 2 is 1.73 bits per heavy atom. The van der Waals surface area contributed by atoms with Gasteiger partial charge in [-0.15, -0.1) is 0 Å². The zero-order chi connectivity index (χ0) is 11.7. The van der Waals surface area contributed by atoms with Crippen LogP contribution in [0.2, 0.25) is 0 Å². The minimum absolute atomic E-state index is 0.357. The molecule has 0 aliphatic rings. The van der Waals surface area contributed by atoms with Gasteiger partial charge in [-0.3, -0.25) is 0 Å². The Balaban J connectivity index is 3.90. The fraction of sp³-hybridized carbons (Fsp3) is 1.00. The first kappa shape index (κ1) is 14.9. The highest BCUT2D eigenvalue weighted by Crippen LogP contribution is 2.10. The molecule has 0 radical (unpaired) electrons. The predicted molar refractivity (Wildman–Crippen MR) is 64.1 cm³/mol. The third-order valence-electron chi connectivity index (χ3n) is 2.95. The molecule has 0 fully saturated rings. The maximum atomic E-state index is 9.64. The summed E-state index contributed by atoms with van der Waals surface area (Å²) in [5.74, 6) is 0.750. The van der Waals surface area contributed by atoms with Gasteiger partial charge in [-0.25, -0.2) is 0 Å². The van der Waals surface area contributed by atoms with Gasteiger partial charge in [0.15, 0.2) is 0 Å². The molecule has 0 spiro atoms. The summed E-state index contributed by atoms with van der Waals surface area (Å²) in [7, 11) is 1.63. The average molecular weight is 217 g/mol. The van der Waals surface area contributed by atoms with E-state index in [1.54, 1.807) is 7.11 Å². The van der Waals surface area contributed by atoms with E-state index in [0.717, 1.165) is 25.6 Å². The van der Waals surface area contributed by atoms with E-state index in [2.05, 4.69) is 25.7 Å². The summed E-state index contributed by atoms with van der Waals surface area (Å²) < 4.78 is 4.93. The molecule has 0 saturated carbocycles. The monoisotopic (exact) mass is 217 g/mol. The Labute approximate surface area is 94.4 Å². The number of nitrogens with zero attached hydrogens (tertiary/aromatic N) is 1. The number of methoxy groups -OCH3 is 1. The summed E-state index contributed by atoms with van der Waals surface area (Å²) in [5.41, 5.74) is 0. The van der Waals surface area contributed by atoms with Crippen molar-refractivity contribution in [3.63, 3.8) is 0 Å². The van der Waals surface area contributed by atoms with E-state index in [9.17, 15) is 5.11 Å². The fourth-order valence-electron chi connectivity index (χ4n) is 1.79. The fourth-order valence-corrected chi connectivity index (χ4v) is 1.79. The highest BCUT2D eigenvalue weighted by Gasteiger charge is 2.13. The molecule has 0 saturated heterocycles. The van der Waals surface area contributed by atoms with Crippen LogP contribution in [0.1, 0.15) is 33.6 Å². The van der Waals surface area contributed by atoms with E-state index in [0.29, 0.717) is 6.61 Å². The van der Waals surface area contributed by atoms with Crippen molar-refractivity contribution in [2.75, 3.05) is 33.4 Å². The van der Waals surface area contributed by atoms with Crippen molar-refractivity contribution in [1.82, 2.24) is 4.90 Å². The van der Waals surface area contributed by atoms with Gasteiger partial charge in [0.1, 0.15) is 0 Å². The molecule has 3 nitrogen and oxygen atoms in total. The second-order valence-electron chi connectivity index (χ2n) is 4.14. The smallest absolute Gasteiger partial charge is 0.0900 e. The van der Waals surface area contributed by atoms with Crippen molar-refractivity contribution in [2.24, 2.45) is 5.92 Å². The molecule has 1 atom stereocenters. The first-order chi connectivity index (χ1) is 7.17. The number of aliphatic hydroxyl groups excluding tert-OH is 1. The van der Waals surface area contributed by atoms with Crippen LogP contribution in [0.4, 0.5) is 0 Å². The van der Waals surface area contributed by atoms with Crippen LogP contribution in [-0.4, -0.2) is 49.5 Å². The molecular formula is C12H27NO2. The lowest BCUT2D eigenvalue weighted by Crippen LogP contribution is -2.37. The standard InChI is InChI=1S/C12H27NO2/c1-5-11(6-2)8-13(7-3)9-12(14)10-15-4/h11-12,14H,5-10H2,1-4H3. The van der Waals surface area contributed by atoms with Crippen molar-refractivity contribution in [3.8, 4) is 0 Å². The zero-order valence-corrected chi connectivity index (χ0v) is 10.7. The summed E-state index contributed by atoms with van der Waals surface area (Å²) in [6.45, 7) is 9.84. The van der Waals surface area contributed by atoms with E-state index in [-0.39, 0.29) is 6.10 Å². The molecule has 3 heteroatoms. The number of aliphatic hydroxyl groups is 1. The van der Waals surface area contributed by atoms with Crippen LogP contribution in [0.25, 0.3) is 0 Å². The molecule has 0 aromatic carbocycles. The van der Waals surface area contributed by atoms with Gasteiger partial charge < -0.3 is 14.7 Å². The molecule has 0 aromatic rings. The lowest BCUT2D eigenvalue weighted by molar-refractivity contribution is 0.0350. The summed E-state index contributed by atoms with van der Waals surface area (Å²) in [6.07, 6.45) is 2.07. The summed E-state index contributed by atoms with van der Waals surface area (Å²) in [6, 6.07) is 0. The van der Waals surface area contributed by atoms with Gasteiger partial charge in [-0.2, -0.15) is 0 Å². The quantitative estimate of drug-likeness (QED) is 0.638. The number of rotatable bonds is 9. The molecule has 92 valence electrons. The van der Waals surface area contributed by atoms with Crippen LogP contribution >= 0.6 is 0 Å². The predicted octanol–water partition coefficient (Wildman–Crippen LogP) is 1.75. The van der Waals surface area contributed by atoms with Gasteiger partial charge in [0.05, 0.1) is 12.7 Å². The van der Waals surface area contributed by atoms with Crippen LogP contribution in [0, 0.1) is 5.92 Å². The molecule has 15 heavy (non-hydrogen) atoms. The average Bonchev–Trinajstić information content (AvgIpc) is 2.24. The molecule has 0 heterocycles. The second kappa shape index (κ2) is 9.13. The van der Waals surface area contributed by atoms with E-state index in [1.807, 2.05) is 0 Å². The van der Waals surface area contributed by atoms with E-state index < -0.39 is 0 Å². The molecule has 0 aliphatic heterocycles. The Morgan fingerprint density at radius 3 is 2.13 bits per heavy atom. The van der Waals surface area contributed by atoms with Gasteiger partial charge in [-0.1, -0.05) is 33.6 Å². The van der Waals surface area contributed by atoms with Crippen LogP contribution < -0.4 is 0 Å². The van der Waals surface area contributed by atoms with Crippen molar-refractivity contribution in [1.29, 1.82) is 0 Å². The minimum Gasteiger partial charge on any atom is -0.389 e. The molecule has 0 bridgehead atoms. The second-order valence-corrected chi connectivity index (χ2v) is 4.14. The van der Waals surface area contributed by atoms with E-state index in [1.165, 1.54) is 12.8 Å². The Bertz CT molecular complexity index is 138. The van der Waals surface area contributed by atoms with Crippen LogP contribution in [0.3, 0.4) is 0 Å². The lowest BCUT2D eigenvalue weighted by atomic mass is 10.0. The van der Waals surface area contributed by atoms with Gasteiger partial charge in [-0.05, 0) is 12.5 Å². The molecule has 1 N–H and O–H groups in total. The largest absolute Gasteiger partial charge is 0.389 e. The SMILES string of the molecule is CCC(CC)CN(CC)CC(O)COC. The summed E-state index contributed by atoms with van der Waals surface area (Å²) >= 11 is 0. The van der Waals surface area contributed by atoms with Crippen molar-refractivity contribution in [2.45, 2.75) is 39.7 Å². The van der Waals surface area contributed by atoms with Gasteiger partial charge in [0.25, 0.3) is 0 Å². The first-order valence-corrected chi connectivity index (χ1v) is 6.07. The Kier molecular flexibility index (Phi) is 9.06. The number of hydrogen-bond donors (Lipinski definition) is 1. The van der Waals surface area contributed by atoms with Crippen molar-refractivity contribution >= 4 is 0 Å².